The zero-order valence-corrected chi connectivity index (χ0v) is 12.1. The molecule has 102 valence electrons. The van der Waals surface area contributed by atoms with Gasteiger partial charge in [0, 0.05) is 18.1 Å². The first-order chi connectivity index (χ1) is 9.01. The van der Waals surface area contributed by atoms with E-state index in [9.17, 15) is 9.90 Å². The smallest absolute Gasteiger partial charge is 0.335 e. The molecule has 19 heavy (non-hydrogen) atoms. The summed E-state index contributed by atoms with van der Waals surface area (Å²) in [6.45, 7) is 6.34. The summed E-state index contributed by atoms with van der Waals surface area (Å²) >= 11 is 0. The van der Waals surface area contributed by atoms with Crippen LogP contribution in [0.15, 0.2) is 12.1 Å². The van der Waals surface area contributed by atoms with E-state index in [2.05, 4.69) is 32.4 Å². The number of nitrogens with zero attached hydrogens (tertiary/aromatic N) is 1. The fourth-order valence-electron chi connectivity index (χ4n) is 2.84. The zero-order valence-electron chi connectivity index (χ0n) is 12.1. The molecule has 3 nitrogen and oxygen atoms in total. The highest BCUT2D eigenvalue weighted by Crippen LogP contribution is 2.30. The number of aromatic carboxylic acids is 1. The first kappa shape index (κ1) is 13.7. The first-order valence-corrected chi connectivity index (χ1v) is 6.85. The van der Waals surface area contributed by atoms with Gasteiger partial charge in [0.2, 0.25) is 0 Å². The van der Waals surface area contributed by atoms with E-state index in [0.29, 0.717) is 5.56 Å². The molecule has 0 saturated carbocycles. The van der Waals surface area contributed by atoms with Crippen molar-refractivity contribution in [3.05, 3.63) is 34.5 Å². The van der Waals surface area contributed by atoms with E-state index in [1.54, 1.807) is 6.07 Å². The van der Waals surface area contributed by atoms with Crippen molar-refractivity contribution in [1.29, 1.82) is 0 Å². The number of benzene rings is 1. The SMILES string of the molecule is CCCc1c(C)n(C)c2c(CC)cc(C(=O)O)cc12. The molecule has 1 N–H and O–H groups in total. The minimum atomic E-state index is -0.847. The summed E-state index contributed by atoms with van der Waals surface area (Å²) in [5, 5.41) is 10.4. The lowest BCUT2D eigenvalue weighted by atomic mass is 10.00. The number of hydrogen-bond donors (Lipinski definition) is 1. The van der Waals surface area contributed by atoms with Crippen LogP contribution in [0.3, 0.4) is 0 Å². The number of aromatic nitrogens is 1. The van der Waals surface area contributed by atoms with E-state index in [-0.39, 0.29) is 0 Å². The van der Waals surface area contributed by atoms with E-state index >= 15 is 0 Å². The van der Waals surface area contributed by atoms with Gasteiger partial charge in [0.15, 0.2) is 0 Å². The zero-order chi connectivity index (χ0) is 14.2. The van der Waals surface area contributed by atoms with Gasteiger partial charge in [-0.3, -0.25) is 0 Å². The van der Waals surface area contributed by atoms with Crippen molar-refractivity contribution in [1.82, 2.24) is 4.57 Å². The Balaban J connectivity index is 2.86. The molecule has 3 heteroatoms. The molecule has 0 amide bonds. The number of carbonyl (C=O) groups is 1. The Bertz CT molecular complexity index is 638. The summed E-state index contributed by atoms with van der Waals surface area (Å²) in [4.78, 5) is 11.3. The maximum atomic E-state index is 11.3. The van der Waals surface area contributed by atoms with Gasteiger partial charge < -0.3 is 9.67 Å². The molecule has 0 fully saturated rings. The molecule has 1 aromatic heterocycles. The summed E-state index contributed by atoms with van der Waals surface area (Å²) in [6, 6.07) is 3.63. The molecule has 0 aliphatic carbocycles. The fraction of sp³-hybridized carbons (Fsp3) is 0.438. The van der Waals surface area contributed by atoms with Gasteiger partial charge in [-0.25, -0.2) is 4.79 Å². The quantitative estimate of drug-likeness (QED) is 0.909. The van der Waals surface area contributed by atoms with Gasteiger partial charge in [-0.1, -0.05) is 20.3 Å². The second kappa shape index (κ2) is 5.08. The van der Waals surface area contributed by atoms with Gasteiger partial charge in [-0.15, -0.1) is 0 Å². The maximum absolute atomic E-state index is 11.3. The Morgan fingerprint density at radius 3 is 2.53 bits per heavy atom. The van der Waals surface area contributed by atoms with Gasteiger partial charge in [-0.2, -0.15) is 0 Å². The van der Waals surface area contributed by atoms with Gasteiger partial charge >= 0.3 is 5.97 Å². The molecule has 0 radical (unpaired) electrons. The monoisotopic (exact) mass is 259 g/mol. The number of fused-ring (bicyclic) bond motifs is 1. The Kier molecular flexibility index (Phi) is 3.65. The van der Waals surface area contributed by atoms with Crippen LogP contribution in [0.1, 0.15) is 47.4 Å². The standard InChI is InChI=1S/C16H21NO2/c1-5-7-13-10(3)17(4)15-11(6-2)8-12(16(18)19)9-14(13)15/h8-9H,5-7H2,1-4H3,(H,18,19). The largest absolute Gasteiger partial charge is 0.478 e. The molecular weight excluding hydrogens is 238 g/mol. The van der Waals surface area contributed by atoms with Gasteiger partial charge in [-0.05, 0) is 43.0 Å². The Morgan fingerprint density at radius 2 is 2.00 bits per heavy atom. The lowest BCUT2D eigenvalue weighted by Crippen LogP contribution is -2.00. The second-order valence-electron chi connectivity index (χ2n) is 5.06. The van der Waals surface area contributed by atoms with Crippen molar-refractivity contribution >= 4 is 16.9 Å². The average molecular weight is 259 g/mol. The van der Waals surface area contributed by atoms with E-state index in [1.807, 2.05) is 6.07 Å². The molecule has 0 saturated heterocycles. The minimum absolute atomic E-state index is 0.396. The van der Waals surface area contributed by atoms with Crippen molar-refractivity contribution in [2.45, 2.75) is 40.0 Å². The summed E-state index contributed by atoms with van der Waals surface area (Å²) in [5.41, 5.74) is 5.23. The van der Waals surface area contributed by atoms with Crippen LogP contribution in [0, 0.1) is 6.92 Å². The summed E-state index contributed by atoms with van der Waals surface area (Å²) in [5.74, 6) is -0.847. The van der Waals surface area contributed by atoms with Crippen molar-refractivity contribution in [3.63, 3.8) is 0 Å². The number of carboxylic acids is 1. The normalized spacial score (nSPS) is 11.2. The number of carboxylic acid groups (broad SMARTS) is 1. The average Bonchev–Trinajstić information content (AvgIpc) is 2.63. The maximum Gasteiger partial charge on any atom is 0.335 e. The van der Waals surface area contributed by atoms with Crippen LogP contribution in [0.2, 0.25) is 0 Å². The van der Waals surface area contributed by atoms with Crippen molar-refractivity contribution in [2.24, 2.45) is 7.05 Å². The molecule has 1 heterocycles. The third kappa shape index (κ3) is 2.14. The van der Waals surface area contributed by atoms with Crippen LogP contribution < -0.4 is 0 Å². The van der Waals surface area contributed by atoms with Crippen LogP contribution in [-0.2, 0) is 19.9 Å². The van der Waals surface area contributed by atoms with Crippen LogP contribution in [0.25, 0.3) is 10.9 Å². The van der Waals surface area contributed by atoms with Gasteiger partial charge in [0.25, 0.3) is 0 Å². The van der Waals surface area contributed by atoms with E-state index < -0.39 is 5.97 Å². The van der Waals surface area contributed by atoms with Crippen LogP contribution >= 0.6 is 0 Å². The van der Waals surface area contributed by atoms with Crippen molar-refractivity contribution in [3.8, 4) is 0 Å². The summed E-state index contributed by atoms with van der Waals surface area (Å²) < 4.78 is 2.20. The topological polar surface area (TPSA) is 42.2 Å². The molecule has 0 atom stereocenters. The van der Waals surface area contributed by atoms with Crippen LogP contribution in [-0.4, -0.2) is 15.6 Å². The first-order valence-electron chi connectivity index (χ1n) is 6.85. The molecule has 2 aromatic rings. The van der Waals surface area contributed by atoms with E-state index in [0.717, 1.165) is 30.2 Å². The van der Waals surface area contributed by atoms with E-state index in [4.69, 9.17) is 0 Å². The molecule has 0 aliphatic heterocycles. The van der Waals surface area contributed by atoms with Gasteiger partial charge in [0.05, 0.1) is 11.1 Å². The molecule has 1 aromatic carbocycles. The Labute approximate surface area is 113 Å². The minimum Gasteiger partial charge on any atom is -0.478 e. The Morgan fingerprint density at radius 1 is 1.32 bits per heavy atom. The lowest BCUT2D eigenvalue weighted by Gasteiger charge is -2.06. The van der Waals surface area contributed by atoms with Crippen LogP contribution in [0.4, 0.5) is 0 Å². The van der Waals surface area contributed by atoms with Gasteiger partial charge in [0.1, 0.15) is 0 Å². The lowest BCUT2D eigenvalue weighted by molar-refractivity contribution is 0.0697. The molecule has 2 rings (SSSR count). The number of rotatable bonds is 4. The van der Waals surface area contributed by atoms with Crippen molar-refractivity contribution < 1.29 is 9.90 Å². The highest BCUT2D eigenvalue weighted by Gasteiger charge is 2.16. The Hall–Kier alpha value is -1.77. The molecule has 0 unspecified atom stereocenters. The van der Waals surface area contributed by atoms with Crippen LogP contribution in [0.5, 0.6) is 0 Å². The molecule has 0 spiro atoms. The summed E-state index contributed by atoms with van der Waals surface area (Å²) in [7, 11) is 2.07. The third-order valence-electron chi connectivity index (χ3n) is 3.92. The number of aryl methyl sites for hydroxylation is 3. The highest BCUT2D eigenvalue weighted by atomic mass is 16.4. The number of hydrogen-bond acceptors (Lipinski definition) is 1. The predicted octanol–water partition coefficient (Wildman–Crippen LogP) is 3.70. The summed E-state index contributed by atoms with van der Waals surface area (Å²) in [6.07, 6.45) is 2.91. The van der Waals surface area contributed by atoms with E-state index in [1.165, 1.54) is 16.8 Å². The molecule has 0 bridgehead atoms. The fourth-order valence-corrected chi connectivity index (χ4v) is 2.84. The predicted molar refractivity (Wildman–Crippen MR) is 78.0 cm³/mol. The molecular formula is C16H21NO2. The second-order valence-corrected chi connectivity index (χ2v) is 5.06. The third-order valence-corrected chi connectivity index (χ3v) is 3.92. The van der Waals surface area contributed by atoms with Crippen molar-refractivity contribution in [2.75, 3.05) is 0 Å². The molecule has 0 aliphatic rings. The highest BCUT2D eigenvalue weighted by molar-refractivity contribution is 5.97.